The predicted molar refractivity (Wildman–Crippen MR) is 110 cm³/mol. The standard InChI is InChI=1S/C23H31NO8/c1-24-7-6-23-11-3-4-13(26)21(23)32-20-14(5-2-10(16(20)23)8-12(11)24)30-22-19(29)18(28)17(27)15(9-25)31-22/h2,5,11-13,15,17-19,21-22,25-29H,3-4,6-9H2,1H3/t11?,12?,13-,15?,17?,18?,19?,21+,22?,23?/m1/s1. The molecule has 1 aromatic rings. The van der Waals surface area contributed by atoms with Gasteiger partial charge < -0.3 is 44.6 Å². The van der Waals surface area contributed by atoms with Crippen LogP contribution < -0.4 is 9.47 Å². The van der Waals surface area contributed by atoms with Gasteiger partial charge in [-0.05, 0) is 56.8 Å². The molecular formula is C23H31NO8. The first-order chi connectivity index (χ1) is 15.4. The van der Waals surface area contributed by atoms with E-state index >= 15 is 0 Å². The Labute approximate surface area is 186 Å². The van der Waals surface area contributed by atoms with Crippen LogP contribution in [0.25, 0.3) is 0 Å². The highest BCUT2D eigenvalue weighted by molar-refractivity contribution is 5.61. The van der Waals surface area contributed by atoms with E-state index < -0.39 is 43.4 Å². The third-order valence-corrected chi connectivity index (χ3v) is 8.64. The average Bonchev–Trinajstić information content (AvgIpc) is 3.14. The molecule has 3 heterocycles. The molecule has 1 aromatic carbocycles. The summed E-state index contributed by atoms with van der Waals surface area (Å²) in [4.78, 5) is 2.43. The molecule has 176 valence electrons. The van der Waals surface area contributed by atoms with Gasteiger partial charge in [0.25, 0.3) is 0 Å². The molecule has 6 rings (SSSR count). The van der Waals surface area contributed by atoms with E-state index in [9.17, 15) is 25.5 Å². The van der Waals surface area contributed by atoms with E-state index in [0.717, 1.165) is 31.4 Å². The molecule has 8 unspecified atom stereocenters. The smallest absolute Gasteiger partial charge is 0.229 e. The Morgan fingerprint density at radius 1 is 1.12 bits per heavy atom. The molecule has 0 amide bonds. The Hall–Kier alpha value is -1.46. The van der Waals surface area contributed by atoms with Gasteiger partial charge in [-0.25, -0.2) is 0 Å². The third kappa shape index (κ3) is 2.64. The molecule has 9 nitrogen and oxygen atoms in total. The first-order valence-electron chi connectivity index (χ1n) is 11.5. The predicted octanol–water partition coefficient (Wildman–Crippen LogP) is -1.10. The van der Waals surface area contributed by atoms with Crippen LogP contribution in [0.3, 0.4) is 0 Å². The Morgan fingerprint density at radius 3 is 2.72 bits per heavy atom. The van der Waals surface area contributed by atoms with Gasteiger partial charge in [-0.1, -0.05) is 6.07 Å². The zero-order valence-electron chi connectivity index (χ0n) is 18.0. The van der Waals surface area contributed by atoms with Crippen molar-refractivity contribution in [1.82, 2.24) is 4.90 Å². The zero-order chi connectivity index (χ0) is 22.4. The Morgan fingerprint density at radius 2 is 1.94 bits per heavy atom. The van der Waals surface area contributed by atoms with Crippen LogP contribution in [0.1, 0.15) is 30.4 Å². The van der Waals surface area contributed by atoms with Crippen molar-refractivity contribution in [2.75, 3.05) is 20.2 Å². The highest BCUT2D eigenvalue weighted by Crippen LogP contribution is 2.63. The van der Waals surface area contributed by atoms with Crippen LogP contribution in [0.2, 0.25) is 0 Å². The number of hydrogen-bond donors (Lipinski definition) is 5. The summed E-state index contributed by atoms with van der Waals surface area (Å²) in [7, 11) is 2.18. The maximum atomic E-state index is 10.9. The summed E-state index contributed by atoms with van der Waals surface area (Å²) in [6, 6.07) is 4.22. The van der Waals surface area contributed by atoms with Crippen LogP contribution in [0.4, 0.5) is 0 Å². The lowest BCUT2D eigenvalue weighted by Crippen LogP contribution is -2.66. The molecule has 1 saturated carbocycles. The molecule has 32 heavy (non-hydrogen) atoms. The highest BCUT2D eigenvalue weighted by atomic mass is 16.7. The second-order valence-corrected chi connectivity index (χ2v) is 10.1. The summed E-state index contributed by atoms with van der Waals surface area (Å²) < 4.78 is 18.0. The van der Waals surface area contributed by atoms with Crippen molar-refractivity contribution >= 4 is 0 Å². The van der Waals surface area contributed by atoms with E-state index in [1.807, 2.05) is 6.07 Å². The van der Waals surface area contributed by atoms with Crippen LogP contribution in [-0.4, -0.2) is 99.6 Å². The number of aliphatic hydroxyl groups excluding tert-OH is 5. The lowest BCUT2D eigenvalue weighted by Gasteiger charge is -2.58. The molecule has 0 radical (unpaired) electrons. The number of benzene rings is 1. The van der Waals surface area contributed by atoms with E-state index in [-0.39, 0.29) is 11.5 Å². The lowest BCUT2D eigenvalue weighted by atomic mass is 9.51. The molecule has 1 spiro atoms. The lowest BCUT2D eigenvalue weighted by molar-refractivity contribution is -0.277. The number of piperidine rings is 1. The molecular weight excluding hydrogens is 418 g/mol. The van der Waals surface area contributed by atoms with Crippen molar-refractivity contribution in [2.45, 2.75) is 80.1 Å². The Balaban J connectivity index is 1.40. The largest absolute Gasteiger partial charge is 0.483 e. The molecule has 10 atom stereocenters. The first-order valence-corrected chi connectivity index (χ1v) is 11.5. The van der Waals surface area contributed by atoms with Crippen LogP contribution >= 0.6 is 0 Å². The summed E-state index contributed by atoms with van der Waals surface area (Å²) in [5.74, 6) is 1.35. The van der Waals surface area contributed by atoms with E-state index in [0.29, 0.717) is 29.9 Å². The van der Waals surface area contributed by atoms with Crippen molar-refractivity contribution in [2.24, 2.45) is 5.92 Å². The number of hydrogen-bond acceptors (Lipinski definition) is 9. The molecule has 5 N–H and O–H groups in total. The van der Waals surface area contributed by atoms with E-state index in [4.69, 9.17) is 14.2 Å². The molecule has 2 bridgehead atoms. The van der Waals surface area contributed by atoms with Gasteiger partial charge in [-0.15, -0.1) is 0 Å². The number of aliphatic hydroxyl groups is 5. The number of ether oxygens (including phenoxy) is 3. The van der Waals surface area contributed by atoms with E-state index in [1.165, 1.54) is 5.56 Å². The normalized spacial score (nSPS) is 47.0. The second-order valence-electron chi connectivity index (χ2n) is 10.1. The fourth-order valence-corrected chi connectivity index (χ4v) is 7.08. The fourth-order valence-electron chi connectivity index (χ4n) is 7.08. The zero-order valence-corrected chi connectivity index (χ0v) is 18.0. The molecule has 0 aromatic heterocycles. The summed E-state index contributed by atoms with van der Waals surface area (Å²) in [6.07, 6.45) is -4.22. The summed E-state index contributed by atoms with van der Waals surface area (Å²) in [6.45, 7) is 0.413. The molecule has 3 aliphatic heterocycles. The average molecular weight is 450 g/mol. The van der Waals surface area contributed by atoms with Gasteiger partial charge in [0, 0.05) is 17.0 Å². The maximum absolute atomic E-state index is 10.9. The summed E-state index contributed by atoms with van der Waals surface area (Å²) in [5.41, 5.74) is 2.05. The molecule has 3 fully saturated rings. The van der Waals surface area contributed by atoms with Gasteiger partial charge in [0.1, 0.15) is 30.5 Å². The van der Waals surface area contributed by atoms with Crippen molar-refractivity contribution in [3.05, 3.63) is 23.3 Å². The van der Waals surface area contributed by atoms with Crippen molar-refractivity contribution in [1.29, 1.82) is 0 Å². The molecule has 2 saturated heterocycles. The van der Waals surface area contributed by atoms with Gasteiger partial charge in [-0.3, -0.25) is 0 Å². The summed E-state index contributed by atoms with van der Waals surface area (Å²) in [5, 5.41) is 51.0. The molecule has 5 aliphatic rings. The van der Waals surface area contributed by atoms with E-state index in [1.54, 1.807) is 6.07 Å². The van der Waals surface area contributed by atoms with Crippen LogP contribution in [0.5, 0.6) is 11.5 Å². The fraction of sp³-hybridized carbons (Fsp3) is 0.739. The van der Waals surface area contributed by atoms with Gasteiger partial charge in [0.05, 0.1) is 12.7 Å². The Kier molecular flexibility index (Phi) is 4.79. The van der Waals surface area contributed by atoms with Crippen molar-refractivity contribution < 1.29 is 39.7 Å². The molecule has 9 heteroatoms. The quantitative estimate of drug-likeness (QED) is 0.390. The number of nitrogens with zero attached hydrogens (tertiary/aromatic N) is 1. The SMILES string of the molecule is CN1CCC23c4c5ccc(OC6OC(CO)C(O)C(O)C6O)c4O[C@H]2[C@H](O)CCC3C1C5. The van der Waals surface area contributed by atoms with Gasteiger partial charge >= 0.3 is 0 Å². The van der Waals surface area contributed by atoms with Crippen molar-refractivity contribution in [3.63, 3.8) is 0 Å². The summed E-state index contributed by atoms with van der Waals surface area (Å²) >= 11 is 0. The Bertz CT molecular complexity index is 910. The van der Waals surface area contributed by atoms with Crippen LogP contribution in [0.15, 0.2) is 12.1 Å². The van der Waals surface area contributed by atoms with Gasteiger partial charge in [0.15, 0.2) is 11.5 Å². The minimum Gasteiger partial charge on any atom is -0.483 e. The topological polar surface area (TPSA) is 132 Å². The first kappa shape index (κ1) is 21.1. The minimum atomic E-state index is -1.51. The highest BCUT2D eigenvalue weighted by Gasteiger charge is 2.65. The maximum Gasteiger partial charge on any atom is 0.229 e. The van der Waals surface area contributed by atoms with Gasteiger partial charge in [-0.2, -0.15) is 0 Å². The monoisotopic (exact) mass is 449 g/mol. The van der Waals surface area contributed by atoms with Crippen LogP contribution in [0, 0.1) is 5.92 Å². The van der Waals surface area contributed by atoms with Crippen LogP contribution in [-0.2, 0) is 16.6 Å². The van der Waals surface area contributed by atoms with E-state index in [2.05, 4.69) is 11.9 Å². The van der Waals surface area contributed by atoms with Gasteiger partial charge in [0.2, 0.25) is 6.29 Å². The minimum absolute atomic E-state index is 0.257. The second kappa shape index (κ2) is 7.27. The molecule has 2 aliphatic carbocycles. The van der Waals surface area contributed by atoms with Crippen molar-refractivity contribution in [3.8, 4) is 11.5 Å². The third-order valence-electron chi connectivity index (χ3n) is 8.64. The number of likely N-dealkylation sites (N-methyl/N-ethyl adjacent to an activating group) is 1. The number of likely N-dealkylation sites (tertiary alicyclic amines) is 1. The number of rotatable bonds is 3.